The minimum atomic E-state index is -0.757. The van der Waals surface area contributed by atoms with Crippen molar-refractivity contribution in [1.82, 2.24) is 0 Å². The number of halogens is 1. The van der Waals surface area contributed by atoms with Crippen LogP contribution >= 0.6 is 11.6 Å². The van der Waals surface area contributed by atoms with Gasteiger partial charge in [-0.2, -0.15) is 0 Å². The fraction of sp³-hybridized carbons (Fsp3) is 0.500. The number of ether oxygens (including phenoxy) is 2. The van der Waals surface area contributed by atoms with Crippen LogP contribution in [0.4, 0.5) is 0 Å². The van der Waals surface area contributed by atoms with E-state index in [0.29, 0.717) is 5.02 Å². The molecular formula is C12H17ClO3. The predicted octanol–water partition coefficient (Wildman–Crippen LogP) is 2.77. The van der Waals surface area contributed by atoms with Crippen molar-refractivity contribution in [3.63, 3.8) is 0 Å². The lowest BCUT2D eigenvalue weighted by Gasteiger charge is -2.29. The highest BCUT2D eigenvalue weighted by atomic mass is 35.5. The smallest absolute Gasteiger partial charge is 0.163 e. The molecule has 0 aliphatic heterocycles. The van der Waals surface area contributed by atoms with E-state index in [1.54, 1.807) is 27.0 Å². The fourth-order valence-corrected chi connectivity index (χ4v) is 1.58. The van der Waals surface area contributed by atoms with Crippen LogP contribution in [-0.2, 0) is 9.47 Å². The van der Waals surface area contributed by atoms with E-state index >= 15 is 0 Å². The molecule has 0 bridgehead atoms. The molecule has 1 atom stereocenters. The molecule has 1 aromatic carbocycles. The van der Waals surface area contributed by atoms with Crippen LogP contribution in [0, 0.1) is 0 Å². The summed E-state index contributed by atoms with van der Waals surface area (Å²) in [5.74, 6) is -0.757. The first-order chi connectivity index (χ1) is 7.50. The van der Waals surface area contributed by atoms with Gasteiger partial charge in [-0.05, 0) is 19.9 Å². The van der Waals surface area contributed by atoms with Crippen LogP contribution in [0.2, 0.25) is 5.02 Å². The molecule has 0 heterocycles. The quantitative estimate of drug-likeness (QED) is 0.810. The number of aliphatic hydroxyl groups excluding tert-OH is 1. The third kappa shape index (κ3) is 3.46. The van der Waals surface area contributed by atoms with Crippen LogP contribution in [0.15, 0.2) is 24.3 Å². The van der Waals surface area contributed by atoms with E-state index in [2.05, 4.69) is 0 Å². The van der Waals surface area contributed by atoms with Crippen LogP contribution in [0.25, 0.3) is 0 Å². The second-order valence-electron chi connectivity index (χ2n) is 3.91. The average Bonchev–Trinajstić information content (AvgIpc) is 2.27. The largest absolute Gasteiger partial charge is 0.393 e. The molecule has 0 fully saturated rings. The molecule has 4 heteroatoms. The summed E-state index contributed by atoms with van der Waals surface area (Å²) in [5.41, 5.74) is 0.761. The SMILES string of the molecule is COC(C)(C)OC(CO)c1ccccc1Cl. The molecular weight excluding hydrogens is 228 g/mol. The minimum Gasteiger partial charge on any atom is -0.393 e. The lowest BCUT2D eigenvalue weighted by molar-refractivity contribution is -0.231. The standard InChI is InChI=1S/C12H17ClO3/c1-12(2,15-3)16-11(8-14)9-6-4-5-7-10(9)13/h4-7,11,14H,8H2,1-3H3. The average molecular weight is 245 g/mol. The summed E-state index contributed by atoms with van der Waals surface area (Å²) < 4.78 is 10.8. The van der Waals surface area contributed by atoms with Crippen molar-refractivity contribution in [2.24, 2.45) is 0 Å². The molecule has 0 aliphatic rings. The maximum absolute atomic E-state index is 9.32. The van der Waals surface area contributed by atoms with Gasteiger partial charge < -0.3 is 14.6 Å². The Balaban J connectivity index is 2.87. The molecule has 1 aromatic rings. The lowest BCUT2D eigenvalue weighted by Crippen LogP contribution is -2.30. The van der Waals surface area contributed by atoms with Gasteiger partial charge in [0, 0.05) is 17.7 Å². The van der Waals surface area contributed by atoms with Gasteiger partial charge in [-0.1, -0.05) is 29.8 Å². The van der Waals surface area contributed by atoms with Crippen LogP contribution < -0.4 is 0 Å². The van der Waals surface area contributed by atoms with Gasteiger partial charge in [0.25, 0.3) is 0 Å². The molecule has 0 saturated carbocycles. The Kier molecular flexibility index (Phi) is 4.74. The Hall–Kier alpha value is -0.610. The topological polar surface area (TPSA) is 38.7 Å². The molecule has 0 saturated heterocycles. The van der Waals surface area contributed by atoms with Gasteiger partial charge in [0.2, 0.25) is 0 Å². The Morgan fingerprint density at radius 1 is 1.38 bits per heavy atom. The summed E-state index contributed by atoms with van der Waals surface area (Å²) in [6.45, 7) is 3.43. The molecule has 0 amide bonds. The van der Waals surface area contributed by atoms with Gasteiger partial charge >= 0.3 is 0 Å². The van der Waals surface area contributed by atoms with Gasteiger partial charge in [0.1, 0.15) is 6.10 Å². The van der Waals surface area contributed by atoms with E-state index in [9.17, 15) is 5.11 Å². The van der Waals surface area contributed by atoms with Gasteiger partial charge in [-0.15, -0.1) is 0 Å². The summed E-state index contributed by atoms with van der Waals surface area (Å²) in [5, 5.41) is 9.90. The first-order valence-electron chi connectivity index (χ1n) is 5.08. The van der Waals surface area contributed by atoms with Crippen molar-refractivity contribution >= 4 is 11.6 Å². The second kappa shape index (κ2) is 5.64. The summed E-state index contributed by atoms with van der Waals surface area (Å²) >= 11 is 6.04. The Morgan fingerprint density at radius 3 is 2.50 bits per heavy atom. The Bertz CT molecular complexity index is 339. The van der Waals surface area contributed by atoms with Gasteiger partial charge in [-0.25, -0.2) is 0 Å². The molecule has 0 radical (unpaired) electrons. The van der Waals surface area contributed by atoms with Crippen molar-refractivity contribution in [3.05, 3.63) is 34.9 Å². The van der Waals surface area contributed by atoms with Crippen molar-refractivity contribution in [1.29, 1.82) is 0 Å². The molecule has 16 heavy (non-hydrogen) atoms. The number of aliphatic hydroxyl groups is 1. The minimum absolute atomic E-state index is 0.142. The van der Waals surface area contributed by atoms with E-state index < -0.39 is 11.9 Å². The maximum atomic E-state index is 9.32. The fourth-order valence-electron chi connectivity index (χ4n) is 1.33. The van der Waals surface area contributed by atoms with Crippen LogP contribution in [0.3, 0.4) is 0 Å². The summed E-state index contributed by atoms with van der Waals surface area (Å²) in [7, 11) is 1.56. The molecule has 90 valence electrons. The van der Waals surface area contributed by atoms with E-state index in [1.807, 2.05) is 18.2 Å². The number of hydrogen-bond acceptors (Lipinski definition) is 3. The molecule has 0 aromatic heterocycles. The summed E-state index contributed by atoms with van der Waals surface area (Å²) in [4.78, 5) is 0. The van der Waals surface area contributed by atoms with E-state index in [4.69, 9.17) is 21.1 Å². The van der Waals surface area contributed by atoms with Gasteiger partial charge in [0.05, 0.1) is 6.61 Å². The first-order valence-corrected chi connectivity index (χ1v) is 5.46. The van der Waals surface area contributed by atoms with Crippen molar-refractivity contribution in [2.45, 2.75) is 25.7 Å². The maximum Gasteiger partial charge on any atom is 0.163 e. The summed E-state index contributed by atoms with van der Waals surface area (Å²) in [6, 6.07) is 7.28. The molecule has 3 nitrogen and oxygen atoms in total. The van der Waals surface area contributed by atoms with Gasteiger partial charge in [-0.3, -0.25) is 0 Å². The van der Waals surface area contributed by atoms with Crippen LogP contribution in [0.5, 0.6) is 0 Å². The molecule has 1 unspecified atom stereocenters. The van der Waals surface area contributed by atoms with Crippen molar-refractivity contribution in [3.8, 4) is 0 Å². The summed E-state index contributed by atoms with van der Waals surface area (Å²) in [6.07, 6.45) is -0.483. The van der Waals surface area contributed by atoms with Crippen LogP contribution in [-0.4, -0.2) is 24.6 Å². The Morgan fingerprint density at radius 2 is 2.00 bits per heavy atom. The normalized spacial score (nSPS) is 13.8. The zero-order chi connectivity index (χ0) is 12.2. The zero-order valence-electron chi connectivity index (χ0n) is 9.74. The zero-order valence-corrected chi connectivity index (χ0v) is 10.5. The monoisotopic (exact) mass is 244 g/mol. The molecule has 1 N–H and O–H groups in total. The van der Waals surface area contributed by atoms with Crippen LogP contribution in [0.1, 0.15) is 25.5 Å². The number of benzene rings is 1. The highest BCUT2D eigenvalue weighted by molar-refractivity contribution is 6.31. The van der Waals surface area contributed by atoms with E-state index in [0.717, 1.165) is 5.56 Å². The molecule has 1 rings (SSSR count). The highest BCUT2D eigenvalue weighted by Crippen LogP contribution is 2.29. The number of rotatable bonds is 5. The molecule has 0 spiro atoms. The highest BCUT2D eigenvalue weighted by Gasteiger charge is 2.24. The number of methoxy groups -OCH3 is 1. The van der Waals surface area contributed by atoms with Gasteiger partial charge in [0.15, 0.2) is 5.79 Å². The van der Waals surface area contributed by atoms with E-state index in [1.165, 1.54) is 0 Å². The predicted molar refractivity (Wildman–Crippen MR) is 63.5 cm³/mol. The number of hydrogen-bond donors (Lipinski definition) is 1. The van der Waals surface area contributed by atoms with Crippen molar-refractivity contribution < 1.29 is 14.6 Å². The third-order valence-corrected chi connectivity index (χ3v) is 2.68. The molecule has 0 aliphatic carbocycles. The first kappa shape index (κ1) is 13.5. The lowest BCUT2D eigenvalue weighted by atomic mass is 10.1. The van der Waals surface area contributed by atoms with Crippen molar-refractivity contribution in [2.75, 3.05) is 13.7 Å². The Labute approximate surface area is 101 Å². The van der Waals surface area contributed by atoms with E-state index in [-0.39, 0.29) is 6.61 Å². The third-order valence-electron chi connectivity index (χ3n) is 2.34. The second-order valence-corrected chi connectivity index (χ2v) is 4.32.